The number of benzene rings is 2. The van der Waals surface area contributed by atoms with Crippen molar-refractivity contribution in [3.8, 4) is 11.3 Å². The molecule has 0 aliphatic carbocycles. The smallest absolute Gasteiger partial charge is 0.174 e. The van der Waals surface area contributed by atoms with Crippen LogP contribution < -0.4 is 0 Å². The van der Waals surface area contributed by atoms with Gasteiger partial charge in [-0.3, -0.25) is 0 Å². The summed E-state index contributed by atoms with van der Waals surface area (Å²) in [5, 5.41) is 0. The first kappa shape index (κ1) is 10.8. The molecule has 0 aliphatic rings. The van der Waals surface area contributed by atoms with Crippen molar-refractivity contribution in [2.24, 2.45) is 0 Å². The Morgan fingerprint density at radius 3 is 2.28 bits per heavy atom. The largest absolute Gasteiger partial charge is 0.335 e. The minimum Gasteiger partial charge on any atom is -0.335 e. The maximum absolute atomic E-state index is 4.31. The van der Waals surface area contributed by atoms with E-state index in [1.807, 2.05) is 36.4 Å². The van der Waals surface area contributed by atoms with E-state index in [2.05, 4.69) is 40.6 Å². The van der Waals surface area contributed by atoms with Gasteiger partial charge < -0.3 is 4.98 Å². The third kappa shape index (κ3) is 2.18. The van der Waals surface area contributed by atoms with Crippen molar-refractivity contribution in [2.75, 3.05) is 0 Å². The molecule has 0 bridgehead atoms. The summed E-state index contributed by atoms with van der Waals surface area (Å²) < 4.78 is 0. The second-order valence-corrected chi connectivity index (χ2v) is 4.20. The van der Waals surface area contributed by atoms with Crippen LogP contribution in [0.2, 0.25) is 0 Å². The number of hydrogen-bond acceptors (Lipinski definition) is 1. The number of nitrogens with one attached hydrogen (secondary N) is 1. The first-order chi connectivity index (χ1) is 8.93. The number of imidazole rings is 1. The fourth-order valence-electron chi connectivity index (χ4n) is 2.04. The summed E-state index contributed by atoms with van der Waals surface area (Å²) in [5.74, 6) is 0. The Bertz CT molecular complexity index is 612. The first-order valence-electron chi connectivity index (χ1n) is 5.98. The molecule has 3 rings (SSSR count). The summed E-state index contributed by atoms with van der Waals surface area (Å²) in [6.07, 6.45) is 3.67. The van der Waals surface area contributed by atoms with Gasteiger partial charge in [0.15, 0.2) is 6.33 Å². The van der Waals surface area contributed by atoms with Crippen LogP contribution in [0.3, 0.4) is 0 Å². The summed E-state index contributed by atoms with van der Waals surface area (Å²) in [7, 11) is 0. The van der Waals surface area contributed by atoms with Gasteiger partial charge in [-0.25, -0.2) is 4.98 Å². The Morgan fingerprint density at radius 1 is 0.889 bits per heavy atom. The minimum atomic E-state index is 0.824. The summed E-state index contributed by atoms with van der Waals surface area (Å²) in [4.78, 5) is 7.41. The number of aromatic amines is 1. The van der Waals surface area contributed by atoms with Gasteiger partial charge in [0.25, 0.3) is 0 Å². The average molecular weight is 233 g/mol. The van der Waals surface area contributed by atoms with Crippen LogP contribution in [-0.2, 0) is 6.42 Å². The van der Waals surface area contributed by atoms with Gasteiger partial charge in [-0.1, -0.05) is 60.7 Å². The first-order valence-corrected chi connectivity index (χ1v) is 5.98. The van der Waals surface area contributed by atoms with Crippen LogP contribution in [0.15, 0.2) is 60.7 Å². The Balaban J connectivity index is 1.93. The molecule has 1 N–H and O–H groups in total. The van der Waals surface area contributed by atoms with E-state index < -0.39 is 0 Å². The SMILES string of the molecule is [c]1nc(Cc2ccccc2)c(-c2ccccc2)[nH]1. The van der Waals surface area contributed by atoms with E-state index in [9.17, 15) is 0 Å². The maximum atomic E-state index is 4.31. The standard InChI is InChI=1S/C16H13N2/c1-3-7-13(8-4-1)11-15-16(18-12-17-15)14-9-5-2-6-10-14/h1-10H,11H2,(H,17,18). The summed E-state index contributed by atoms with van der Waals surface area (Å²) >= 11 is 0. The average Bonchev–Trinajstić information content (AvgIpc) is 2.89. The second-order valence-electron chi connectivity index (χ2n) is 4.20. The van der Waals surface area contributed by atoms with Crippen molar-refractivity contribution in [3.63, 3.8) is 0 Å². The van der Waals surface area contributed by atoms with Crippen molar-refractivity contribution in [1.82, 2.24) is 9.97 Å². The molecular formula is C16H13N2. The quantitative estimate of drug-likeness (QED) is 0.737. The zero-order chi connectivity index (χ0) is 12.2. The van der Waals surface area contributed by atoms with Crippen LogP contribution in [0.1, 0.15) is 11.3 Å². The van der Waals surface area contributed by atoms with Crippen LogP contribution in [-0.4, -0.2) is 9.97 Å². The molecule has 87 valence electrons. The maximum Gasteiger partial charge on any atom is 0.174 e. The Morgan fingerprint density at radius 2 is 1.56 bits per heavy atom. The van der Waals surface area contributed by atoms with Crippen LogP contribution in [0, 0.1) is 6.33 Å². The normalized spacial score (nSPS) is 10.4. The molecular weight excluding hydrogens is 220 g/mol. The highest BCUT2D eigenvalue weighted by molar-refractivity contribution is 5.61. The summed E-state index contributed by atoms with van der Waals surface area (Å²) in [6.45, 7) is 0. The lowest BCUT2D eigenvalue weighted by molar-refractivity contribution is 1.10. The number of H-pyrrole nitrogens is 1. The van der Waals surface area contributed by atoms with E-state index in [0.29, 0.717) is 0 Å². The van der Waals surface area contributed by atoms with Gasteiger partial charge in [0.1, 0.15) is 0 Å². The molecule has 0 amide bonds. The van der Waals surface area contributed by atoms with Crippen molar-refractivity contribution in [2.45, 2.75) is 6.42 Å². The number of aromatic nitrogens is 2. The molecule has 0 unspecified atom stereocenters. The number of hydrogen-bond donors (Lipinski definition) is 1. The van der Waals surface area contributed by atoms with E-state index in [1.54, 1.807) is 0 Å². The zero-order valence-electron chi connectivity index (χ0n) is 9.93. The fourth-order valence-corrected chi connectivity index (χ4v) is 2.04. The lowest BCUT2D eigenvalue weighted by Crippen LogP contribution is -1.91. The summed E-state index contributed by atoms with van der Waals surface area (Å²) in [5.41, 5.74) is 4.50. The van der Waals surface area contributed by atoms with Crippen LogP contribution in [0.5, 0.6) is 0 Å². The third-order valence-electron chi connectivity index (χ3n) is 2.94. The van der Waals surface area contributed by atoms with E-state index in [-0.39, 0.29) is 0 Å². The van der Waals surface area contributed by atoms with Crippen molar-refractivity contribution in [1.29, 1.82) is 0 Å². The van der Waals surface area contributed by atoms with Gasteiger partial charge >= 0.3 is 0 Å². The zero-order valence-corrected chi connectivity index (χ0v) is 9.93. The summed E-state index contributed by atoms with van der Waals surface area (Å²) in [6, 6.07) is 20.6. The van der Waals surface area contributed by atoms with Gasteiger partial charge in [-0.2, -0.15) is 0 Å². The van der Waals surface area contributed by atoms with Gasteiger partial charge in [0, 0.05) is 6.42 Å². The van der Waals surface area contributed by atoms with Crippen molar-refractivity contribution >= 4 is 0 Å². The molecule has 18 heavy (non-hydrogen) atoms. The molecule has 0 spiro atoms. The molecule has 1 aromatic heterocycles. The Hall–Kier alpha value is -2.35. The lowest BCUT2D eigenvalue weighted by atomic mass is 10.0. The van der Waals surface area contributed by atoms with E-state index in [0.717, 1.165) is 23.4 Å². The third-order valence-corrected chi connectivity index (χ3v) is 2.94. The molecule has 0 atom stereocenters. The molecule has 3 aromatic rings. The van der Waals surface area contributed by atoms with Gasteiger partial charge in [-0.15, -0.1) is 0 Å². The molecule has 1 heterocycles. The molecule has 0 aliphatic heterocycles. The van der Waals surface area contributed by atoms with Crippen molar-refractivity contribution < 1.29 is 0 Å². The molecule has 1 radical (unpaired) electrons. The Kier molecular flexibility index (Phi) is 2.92. The van der Waals surface area contributed by atoms with Gasteiger partial charge in [-0.05, 0) is 11.1 Å². The van der Waals surface area contributed by atoms with E-state index >= 15 is 0 Å². The monoisotopic (exact) mass is 233 g/mol. The minimum absolute atomic E-state index is 0.824. The predicted molar refractivity (Wildman–Crippen MR) is 72.1 cm³/mol. The predicted octanol–water partition coefficient (Wildman–Crippen LogP) is 3.47. The van der Waals surface area contributed by atoms with E-state index in [1.165, 1.54) is 5.56 Å². The van der Waals surface area contributed by atoms with Crippen LogP contribution in [0.25, 0.3) is 11.3 Å². The van der Waals surface area contributed by atoms with Gasteiger partial charge in [0.05, 0.1) is 11.4 Å². The van der Waals surface area contributed by atoms with Crippen LogP contribution in [0.4, 0.5) is 0 Å². The molecule has 2 heteroatoms. The topological polar surface area (TPSA) is 28.7 Å². The number of nitrogens with zero attached hydrogens (tertiary/aromatic N) is 1. The molecule has 2 nitrogen and oxygen atoms in total. The molecule has 2 aromatic carbocycles. The van der Waals surface area contributed by atoms with Crippen molar-refractivity contribution in [3.05, 3.63) is 78.2 Å². The number of rotatable bonds is 3. The highest BCUT2D eigenvalue weighted by Crippen LogP contribution is 2.21. The van der Waals surface area contributed by atoms with E-state index in [4.69, 9.17) is 0 Å². The Labute approximate surface area is 106 Å². The second kappa shape index (κ2) is 4.88. The highest BCUT2D eigenvalue weighted by atomic mass is 14.9. The molecule has 0 fully saturated rings. The highest BCUT2D eigenvalue weighted by Gasteiger charge is 2.08. The molecule has 0 saturated carbocycles. The lowest BCUT2D eigenvalue weighted by Gasteiger charge is -2.03. The van der Waals surface area contributed by atoms with Crippen LogP contribution >= 0.6 is 0 Å². The molecule has 0 saturated heterocycles. The van der Waals surface area contributed by atoms with Gasteiger partial charge in [0.2, 0.25) is 0 Å². The fraction of sp³-hybridized carbons (Fsp3) is 0.0625.